The number of fused-ring (bicyclic) bond motifs is 1. The molecule has 1 aliphatic rings. The standard InChI is InChI=1S/C12H14F3N5O2/c13-12(14,15)8(21)5-20-7-18-9-10(16-6-17-11(9)20)19-1-3-22-4-2-19/h6-8,21H,1-5H2/t8-/m0/s1. The first kappa shape index (κ1) is 15.0. The van der Waals surface area contributed by atoms with Crippen LogP contribution in [0.5, 0.6) is 0 Å². The highest BCUT2D eigenvalue weighted by Gasteiger charge is 2.38. The van der Waals surface area contributed by atoms with Gasteiger partial charge >= 0.3 is 6.18 Å². The number of aromatic nitrogens is 4. The smallest absolute Gasteiger partial charge is 0.382 e. The topological polar surface area (TPSA) is 76.3 Å². The first-order chi connectivity index (χ1) is 10.5. The molecular weight excluding hydrogens is 303 g/mol. The minimum Gasteiger partial charge on any atom is -0.382 e. The lowest BCUT2D eigenvalue weighted by Gasteiger charge is -2.27. The monoisotopic (exact) mass is 317 g/mol. The van der Waals surface area contributed by atoms with Gasteiger partial charge in [-0.3, -0.25) is 0 Å². The minimum atomic E-state index is -4.68. The Balaban J connectivity index is 1.91. The molecule has 1 N–H and O–H groups in total. The lowest BCUT2D eigenvalue weighted by atomic mass is 10.3. The van der Waals surface area contributed by atoms with Crippen molar-refractivity contribution < 1.29 is 23.0 Å². The lowest BCUT2D eigenvalue weighted by Crippen LogP contribution is -2.37. The second kappa shape index (κ2) is 5.69. The molecule has 0 amide bonds. The Hall–Kier alpha value is -1.94. The van der Waals surface area contributed by atoms with Crippen molar-refractivity contribution in [3.8, 4) is 0 Å². The highest BCUT2D eigenvalue weighted by atomic mass is 19.4. The average Bonchev–Trinajstić information content (AvgIpc) is 2.90. The van der Waals surface area contributed by atoms with E-state index < -0.39 is 18.8 Å². The second-order valence-corrected chi connectivity index (χ2v) is 4.92. The number of morpholine rings is 1. The molecule has 3 heterocycles. The van der Waals surface area contributed by atoms with Gasteiger partial charge in [-0.25, -0.2) is 15.0 Å². The van der Waals surface area contributed by atoms with Crippen LogP contribution in [0.15, 0.2) is 12.7 Å². The third-order valence-corrected chi connectivity index (χ3v) is 3.44. The molecule has 0 aliphatic carbocycles. The molecule has 1 saturated heterocycles. The zero-order chi connectivity index (χ0) is 15.7. The molecule has 0 saturated carbocycles. The molecule has 7 nitrogen and oxygen atoms in total. The van der Waals surface area contributed by atoms with E-state index >= 15 is 0 Å². The molecule has 22 heavy (non-hydrogen) atoms. The van der Waals surface area contributed by atoms with Gasteiger partial charge in [0.1, 0.15) is 6.33 Å². The molecule has 0 aromatic carbocycles. The van der Waals surface area contributed by atoms with Crippen molar-refractivity contribution in [2.45, 2.75) is 18.8 Å². The van der Waals surface area contributed by atoms with Crippen molar-refractivity contribution in [3.05, 3.63) is 12.7 Å². The van der Waals surface area contributed by atoms with Gasteiger partial charge in [-0.2, -0.15) is 13.2 Å². The van der Waals surface area contributed by atoms with Crippen LogP contribution in [0.3, 0.4) is 0 Å². The fraction of sp³-hybridized carbons (Fsp3) is 0.583. The maximum Gasteiger partial charge on any atom is 0.416 e. The number of halogens is 3. The van der Waals surface area contributed by atoms with Crippen molar-refractivity contribution >= 4 is 17.0 Å². The number of imidazole rings is 1. The zero-order valence-electron chi connectivity index (χ0n) is 11.5. The number of rotatable bonds is 3. The van der Waals surface area contributed by atoms with Gasteiger partial charge in [0.25, 0.3) is 0 Å². The number of anilines is 1. The van der Waals surface area contributed by atoms with Crippen LogP contribution in [0.2, 0.25) is 0 Å². The Labute approximate surface area is 123 Å². The van der Waals surface area contributed by atoms with E-state index in [2.05, 4.69) is 15.0 Å². The van der Waals surface area contributed by atoms with Crippen molar-refractivity contribution in [2.24, 2.45) is 0 Å². The van der Waals surface area contributed by atoms with Gasteiger partial charge in [0.05, 0.1) is 26.1 Å². The van der Waals surface area contributed by atoms with Gasteiger partial charge in [0, 0.05) is 13.1 Å². The van der Waals surface area contributed by atoms with Crippen LogP contribution in [-0.2, 0) is 11.3 Å². The van der Waals surface area contributed by atoms with Crippen LogP contribution in [0.1, 0.15) is 0 Å². The zero-order valence-corrected chi connectivity index (χ0v) is 11.5. The predicted molar refractivity (Wildman–Crippen MR) is 70.4 cm³/mol. The van der Waals surface area contributed by atoms with Crippen molar-refractivity contribution in [3.63, 3.8) is 0 Å². The largest absolute Gasteiger partial charge is 0.416 e. The van der Waals surface area contributed by atoms with Crippen molar-refractivity contribution in [1.82, 2.24) is 19.5 Å². The normalized spacial score (nSPS) is 17.9. The molecule has 2 aromatic heterocycles. The van der Waals surface area contributed by atoms with Gasteiger partial charge in [-0.15, -0.1) is 0 Å². The molecule has 3 rings (SSSR count). The van der Waals surface area contributed by atoms with E-state index in [0.29, 0.717) is 37.6 Å². The molecular formula is C12H14F3N5O2. The number of aliphatic hydroxyl groups excluding tert-OH is 1. The van der Waals surface area contributed by atoms with Gasteiger partial charge in [-0.05, 0) is 0 Å². The summed E-state index contributed by atoms with van der Waals surface area (Å²) in [6.07, 6.45) is -4.63. The van der Waals surface area contributed by atoms with E-state index in [-0.39, 0.29) is 5.65 Å². The van der Waals surface area contributed by atoms with Gasteiger partial charge in [-0.1, -0.05) is 0 Å². The summed E-state index contributed by atoms with van der Waals surface area (Å²) in [6.45, 7) is 1.71. The van der Waals surface area contributed by atoms with E-state index in [1.54, 1.807) is 0 Å². The lowest BCUT2D eigenvalue weighted by molar-refractivity contribution is -0.207. The van der Waals surface area contributed by atoms with Crippen LogP contribution in [0.4, 0.5) is 19.0 Å². The maximum absolute atomic E-state index is 12.5. The Bertz CT molecular complexity index is 654. The number of nitrogens with zero attached hydrogens (tertiary/aromatic N) is 5. The van der Waals surface area contributed by atoms with Crippen LogP contribution in [0, 0.1) is 0 Å². The highest BCUT2D eigenvalue weighted by Crippen LogP contribution is 2.25. The molecule has 0 radical (unpaired) electrons. The summed E-state index contributed by atoms with van der Waals surface area (Å²) in [7, 11) is 0. The Morgan fingerprint density at radius 2 is 1.95 bits per heavy atom. The van der Waals surface area contributed by atoms with Crippen LogP contribution in [-0.4, -0.2) is 63.2 Å². The Morgan fingerprint density at radius 1 is 1.23 bits per heavy atom. The maximum atomic E-state index is 12.5. The molecule has 0 bridgehead atoms. The number of aliphatic hydroxyl groups is 1. The number of ether oxygens (including phenoxy) is 1. The Morgan fingerprint density at radius 3 is 2.64 bits per heavy atom. The summed E-state index contributed by atoms with van der Waals surface area (Å²) in [5.41, 5.74) is 0.679. The Kier molecular flexibility index (Phi) is 3.87. The number of alkyl halides is 3. The molecule has 0 unspecified atom stereocenters. The minimum absolute atomic E-state index is 0.264. The van der Waals surface area contributed by atoms with Crippen molar-refractivity contribution in [1.29, 1.82) is 0 Å². The number of hydrogen-bond donors (Lipinski definition) is 1. The molecule has 1 fully saturated rings. The molecule has 1 aliphatic heterocycles. The first-order valence-corrected chi connectivity index (χ1v) is 6.70. The van der Waals surface area contributed by atoms with E-state index in [1.165, 1.54) is 17.2 Å². The summed E-state index contributed by atoms with van der Waals surface area (Å²) in [4.78, 5) is 14.2. The van der Waals surface area contributed by atoms with Crippen LogP contribution < -0.4 is 4.90 Å². The number of hydrogen-bond acceptors (Lipinski definition) is 6. The van der Waals surface area contributed by atoms with E-state index in [0.717, 1.165) is 0 Å². The first-order valence-electron chi connectivity index (χ1n) is 6.70. The third-order valence-electron chi connectivity index (χ3n) is 3.44. The van der Waals surface area contributed by atoms with Crippen molar-refractivity contribution in [2.75, 3.05) is 31.2 Å². The van der Waals surface area contributed by atoms with E-state index in [4.69, 9.17) is 4.74 Å². The molecule has 120 valence electrons. The third kappa shape index (κ3) is 2.83. The molecule has 0 spiro atoms. The summed E-state index contributed by atoms with van der Waals surface area (Å²) >= 11 is 0. The molecule has 2 aromatic rings. The van der Waals surface area contributed by atoms with Gasteiger partial charge in [0.15, 0.2) is 23.1 Å². The second-order valence-electron chi connectivity index (χ2n) is 4.92. The average molecular weight is 317 g/mol. The van der Waals surface area contributed by atoms with Crippen LogP contribution >= 0.6 is 0 Å². The summed E-state index contributed by atoms with van der Waals surface area (Å²) in [5.74, 6) is 0.563. The van der Waals surface area contributed by atoms with Gasteiger partial charge < -0.3 is 19.3 Å². The highest BCUT2D eigenvalue weighted by molar-refractivity contribution is 5.83. The fourth-order valence-electron chi connectivity index (χ4n) is 2.30. The predicted octanol–water partition coefficient (Wildman–Crippen LogP) is 0.586. The fourth-order valence-corrected chi connectivity index (χ4v) is 2.30. The quantitative estimate of drug-likeness (QED) is 0.893. The molecule has 1 atom stereocenters. The SMILES string of the molecule is O[C@@H](Cn1cnc2c(N3CCOCC3)ncnc21)C(F)(F)F. The summed E-state index contributed by atoms with van der Waals surface area (Å²) in [6, 6.07) is 0. The summed E-state index contributed by atoms with van der Waals surface area (Å²) < 4.78 is 43.9. The molecule has 10 heteroatoms. The van der Waals surface area contributed by atoms with E-state index in [9.17, 15) is 18.3 Å². The van der Waals surface area contributed by atoms with Crippen LogP contribution in [0.25, 0.3) is 11.2 Å². The van der Waals surface area contributed by atoms with Gasteiger partial charge in [0.2, 0.25) is 0 Å². The summed E-state index contributed by atoms with van der Waals surface area (Å²) in [5, 5.41) is 9.19. The van der Waals surface area contributed by atoms with E-state index in [1.807, 2.05) is 4.90 Å².